The predicted octanol–water partition coefficient (Wildman–Crippen LogP) is 2.74. The Hall–Kier alpha value is -0.830. The van der Waals surface area contributed by atoms with Crippen LogP contribution < -0.4 is 5.32 Å². The molecule has 1 aliphatic rings. The Morgan fingerprint density at radius 3 is 2.81 bits per heavy atom. The van der Waals surface area contributed by atoms with Gasteiger partial charge in [-0.15, -0.1) is 0 Å². The Bertz CT molecular complexity index is 326. The summed E-state index contributed by atoms with van der Waals surface area (Å²) in [7, 11) is 0. The maximum Gasteiger partial charge on any atom is 0.0951 e. The molecule has 0 aliphatic heterocycles. The lowest BCUT2D eigenvalue weighted by Crippen LogP contribution is -2.33. The van der Waals surface area contributed by atoms with Gasteiger partial charge in [0.25, 0.3) is 0 Å². The van der Waals surface area contributed by atoms with Crippen LogP contribution in [0.1, 0.15) is 51.8 Å². The maximum atomic E-state index is 4.25. The highest BCUT2D eigenvalue weighted by atomic mass is 15.1. The first-order chi connectivity index (χ1) is 7.72. The van der Waals surface area contributed by atoms with Crippen molar-refractivity contribution in [1.29, 1.82) is 0 Å². The zero-order chi connectivity index (χ0) is 11.5. The van der Waals surface area contributed by atoms with Gasteiger partial charge in [0.2, 0.25) is 0 Å². The third-order valence-electron chi connectivity index (χ3n) is 3.48. The van der Waals surface area contributed by atoms with Crippen LogP contribution in [0.3, 0.4) is 0 Å². The van der Waals surface area contributed by atoms with E-state index in [1.807, 2.05) is 12.5 Å². The lowest BCUT2D eigenvalue weighted by atomic mass is 10.0. The van der Waals surface area contributed by atoms with Crippen molar-refractivity contribution in [3.05, 3.63) is 18.2 Å². The Kier molecular flexibility index (Phi) is 3.64. The summed E-state index contributed by atoms with van der Waals surface area (Å²) < 4.78 is 2.33. The predicted molar refractivity (Wildman–Crippen MR) is 66.3 cm³/mol. The second kappa shape index (κ2) is 5.00. The summed E-state index contributed by atoms with van der Waals surface area (Å²) in [6, 6.07) is 1.35. The summed E-state index contributed by atoms with van der Waals surface area (Å²) in [5.41, 5.74) is 1.33. The number of aromatic nitrogens is 2. The second-order valence-electron chi connectivity index (χ2n) is 5.16. The molecule has 3 nitrogen and oxygen atoms in total. The highest BCUT2D eigenvalue weighted by Gasteiger charge is 2.25. The Morgan fingerprint density at radius 1 is 1.50 bits per heavy atom. The first kappa shape index (κ1) is 11.6. The molecule has 0 radical (unpaired) electrons. The number of imidazole rings is 1. The molecule has 90 valence electrons. The van der Waals surface area contributed by atoms with Gasteiger partial charge in [-0.05, 0) is 25.2 Å². The van der Waals surface area contributed by atoms with E-state index in [2.05, 4.69) is 35.6 Å². The largest absolute Gasteiger partial charge is 0.330 e. The van der Waals surface area contributed by atoms with Crippen LogP contribution in [0.5, 0.6) is 0 Å². The molecule has 1 N–H and O–H groups in total. The second-order valence-corrected chi connectivity index (χ2v) is 5.16. The van der Waals surface area contributed by atoms with Gasteiger partial charge in [-0.25, -0.2) is 4.98 Å². The van der Waals surface area contributed by atoms with Gasteiger partial charge in [0.15, 0.2) is 0 Å². The van der Waals surface area contributed by atoms with Crippen molar-refractivity contribution < 1.29 is 0 Å². The topological polar surface area (TPSA) is 29.9 Å². The Labute approximate surface area is 98.3 Å². The number of rotatable bonds is 6. The molecular weight excluding hydrogens is 198 g/mol. The summed E-state index contributed by atoms with van der Waals surface area (Å²) in [5.74, 6) is 0.697. The van der Waals surface area contributed by atoms with Crippen molar-refractivity contribution in [2.24, 2.45) is 5.92 Å². The molecule has 1 unspecified atom stereocenters. The summed E-state index contributed by atoms with van der Waals surface area (Å²) in [5, 5.41) is 3.63. The molecule has 0 amide bonds. The Morgan fingerprint density at radius 2 is 2.25 bits per heavy atom. The molecule has 1 aromatic rings. The van der Waals surface area contributed by atoms with Crippen molar-refractivity contribution in [2.45, 2.75) is 58.7 Å². The van der Waals surface area contributed by atoms with Crippen molar-refractivity contribution in [3.63, 3.8) is 0 Å². The van der Waals surface area contributed by atoms with Gasteiger partial charge < -0.3 is 9.88 Å². The van der Waals surface area contributed by atoms with Gasteiger partial charge in [0.05, 0.1) is 12.0 Å². The normalized spacial score (nSPS) is 18.0. The van der Waals surface area contributed by atoms with E-state index in [9.17, 15) is 0 Å². The first-order valence-corrected chi connectivity index (χ1v) is 6.46. The van der Waals surface area contributed by atoms with Gasteiger partial charge in [-0.1, -0.05) is 20.8 Å². The van der Waals surface area contributed by atoms with Crippen LogP contribution in [0, 0.1) is 5.92 Å². The first-order valence-electron chi connectivity index (χ1n) is 6.46. The smallest absolute Gasteiger partial charge is 0.0951 e. The van der Waals surface area contributed by atoms with Crippen LogP contribution in [-0.4, -0.2) is 15.6 Å². The molecule has 0 saturated heterocycles. The van der Waals surface area contributed by atoms with Gasteiger partial charge >= 0.3 is 0 Å². The fourth-order valence-corrected chi connectivity index (χ4v) is 2.24. The van der Waals surface area contributed by atoms with Crippen LogP contribution in [0.4, 0.5) is 0 Å². The zero-order valence-corrected chi connectivity index (χ0v) is 10.6. The van der Waals surface area contributed by atoms with Crippen molar-refractivity contribution >= 4 is 0 Å². The molecule has 0 spiro atoms. The average Bonchev–Trinajstić information content (AvgIpc) is 2.99. The molecular formula is C13H23N3. The van der Waals surface area contributed by atoms with Crippen molar-refractivity contribution in [3.8, 4) is 0 Å². The van der Waals surface area contributed by atoms with Crippen LogP contribution in [0.15, 0.2) is 12.5 Å². The zero-order valence-electron chi connectivity index (χ0n) is 10.6. The monoisotopic (exact) mass is 221 g/mol. The van der Waals surface area contributed by atoms with E-state index in [0.717, 1.165) is 12.6 Å². The van der Waals surface area contributed by atoms with Crippen molar-refractivity contribution in [1.82, 2.24) is 14.9 Å². The van der Waals surface area contributed by atoms with Crippen LogP contribution >= 0.6 is 0 Å². The minimum Gasteiger partial charge on any atom is -0.330 e. The number of nitrogens with zero attached hydrogens (tertiary/aromatic N) is 2. The SMILES string of the molecule is CCC(NCc1cncn1C1CC1)C(C)C. The van der Waals surface area contributed by atoms with E-state index < -0.39 is 0 Å². The maximum absolute atomic E-state index is 4.25. The standard InChI is InChI=1S/C13H23N3/c1-4-13(10(2)3)15-8-12-7-14-9-16(12)11-5-6-11/h7,9-11,13,15H,4-6,8H2,1-3H3. The molecule has 1 heterocycles. The van der Waals surface area contributed by atoms with Crippen LogP contribution in [-0.2, 0) is 6.54 Å². The molecule has 3 heteroatoms. The third kappa shape index (κ3) is 2.64. The van der Waals surface area contributed by atoms with Gasteiger partial charge in [0, 0.05) is 24.8 Å². The average molecular weight is 221 g/mol. The number of hydrogen-bond donors (Lipinski definition) is 1. The molecule has 0 bridgehead atoms. The van der Waals surface area contributed by atoms with E-state index >= 15 is 0 Å². The molecule has 1 aromatic heterocycles. The lowest BCUT2D eigenvalue weighted by Gasteiger charge is -2.21. The molecule has 0 aromatic carbocycles. The van der Waals surface area contributed by atoms with Gasteiger partial charge in [0.1, 0.15) is 0 Å². The quantitative estimate of drug-likeness (QED) is 0.800. The minimum absolute atomic E-state index is 0.613. The van der Waals surface area contributed by atoms with E-state index in [0.29, 0.717) is 12.0 Å². The summed E-state index contributed by atoms with van der Waals surface area (Å²) in [6.07, 6.45) is 7.81. The molecule has 16 heavy (non-hydrogen) atoms. The van der Waals surface area contributed by atoms with Crippen LogP contribution in [0.2, 0.25) is 0 Å². The minimum atomic E-state index is 0.613. The lowest BCUT2D eigenvalue weighted by molar-refractivity contribution is 0.382. The van der Waals surface area contributed by atoms with Gasteiger partial charge in [-0.2, -0.15) is 0 Å². The molecule has 1 fully saturated rings. The van der Waals surface area contributed by atoms with E-state index in [4.69, 9.17) is 0 Å². The molecule has 2 rings (SSSR count). The highest BCUT2D eigenvalue weighted by molar-refractivity contribution is 5.03. The number of nitrogens with one attached hydrogen (secondary N) is 1. The fourth-order valence-electron chi connectivity index (χ4n) is 2.24. The van der Waals surface area contributed by atoms with Crippen LogP contribution in [0.25, 0.3) is 0 Å². The molecule has 1 aliphatic carbocycles. The van der Waals surface area contributed by atoms with Crippen molar-refractivity contribution in [2.75, 3.05) is 0 Å². The van der Waals surface area contributed by atoms with E-state index in [1.54, 1.807) is 0 Å². The highest BCUT2D eigenvalue weighted by Crippen LogP contribution is 2.35. The number of hydrogen-bond acceptors (Lipinski definition) is 2. The summed E-state index contributed by atoms with van der Waals surface area (Å²) >= 11 is 0. The summed E-state index contributed by atoms with van der Waals surface area (Å²) in [4.78, 5) is 4.25. The van der Waals surface area contributed by atoms with E-state index in [-0.39, 0.29) is 0 Å². The molecule has 1 atom stereocenters. The Balaban J connectivity index is 1.90. The summed E-state index contributed by atoms with van der Waals surface area (Å²) in [6.45, 7) is 7.75. The fraction of sp³-hybridized carbons (Fsp3) is 0.769. The van der Waals surface area contributed by atoms with Gasteiger partial charge in [-0.3, -0.25) is 0 Å². The molecule has 1 saturated carbocycles. The third-order valence-corrected chi connectivity index (χ3v) is 3.48. The van der Waals surface area contributed by atoms with E-state index in [1.165, 1.54) is 25.0 Å².